The first-order valence-electron chi connectivity index (χ1n) is 7.93. The molecule has 0 spiro atoms. The van der Waals surface area contributed by atoms with Crippen molar-refractivity contribution in [2.45, 2.75) is 6.18 Å². The van der Waals surface area contributed by atoms with E-state index in [1.807, 2.05) is 12.1 Å². The molecule has 3 rings (SSSR count). The van der Waals surface area contributed by atoms with Crippen LogP contribution in [0.25, 0.3) is 10.9 Å². The normalized spacial score (nSPS) is 11.3. The zero-order valence-corrected chi connectivity index (χ0v) is 14.8. The quantitative estimate of drug-likeness (QED) is 0.635. The van der Waals surface area contributed by atoms with Gasteiger partial charge >= 0.3 is 12.1 Å². The number of pyridine rings is 1. The first kappa shape index (κ1) is 19.6. The minimum absolute atomic E-state index is 0.0195. The molecule has 0 aliphatic carbocycles. The van der Waals surface area contributed by atoms with Crippen LogP contribution in [0.15, 0.2) is 54.6 Å². The van der Waals surface area contributed by atoms with Crippen molar-refractivity contribution in [1.82, 2.24) is 4.98 Å². The molecule has 0 fully saturated rings. The van der Waals surface area contributed by atoms with E-state index in [9.17, 15) is 22.8 Å². The predicted octanol–water partition coefficient (Wildman–Crippen LogP) is 4.70. The molecule has 5 nitrogen and oxygen atoms in total. The number of nitrogens with one attached hydrogen (secondary N) is 1. The molecule has 1 amide bonds. The molecule has 1 aromatic heterocycles. The van der Waals surface area contributed by atoms with Gasteiger partial charge in [0.2, 0.25) is 0 Å². The number of esters is 1. The van der Waals surface area contributed by atoms with E-state index >= 15 is 0 Å². The van der Waals surface area contributed by atoms with Gasteiger partial charge in [-0.2, -0.15) is 13.2 Å². The molecular formula is C19H12ClF3N2O3. The van der Waals surface area contributed by atoms with Crippen LogP contribution in [0, 0.1) is 0 Å². The maximum absolute atomic E-state index is 13.0. The van der Waals surface area contributed by atoms with Crippen LogP contribution in [0.2, 0.25) is 5.02 Å². The number of aromatic nitrogens is 1. The van der Waals surface area contributed by atoms with Crippen LogP contribution in [0.5, 0.6) is 0 Å². The highest BCUT2D eigenvalue weighted by Crippen LogP contribution is 2.36. The first-order chi connectivity index (χ1) is 13.2. The van der Waals surface area contributed by atoms with E-state index in [1.165, 1.54) is 12.1 Å². The van der Waals surface area contributed by atoms with Crippen LogP contribution in [0.4, 0.5) is 18.9 Å². The number of carbonyl (C=O) groups excluding carboxylic acids is 2. The van der Waals surface area contributed by atoms with E-state index in [-0.39, 0.29) is 10.7 Å². The van der Waals surface area contributed by atoms with Crippen molar-refractivity contribution in [2.24, 2.45) is 0 Å². The zero-order valence-electron chi connectivity index (χ0n) is 14.1. The number of para-hydroxylation sites is 1. The maximum Gasteiger partial charge on any atom is 0.418 e. The van der Waals surface area contributed by atoms with Crippen molar-refractivity contribution in [3.05, 3.63) is 70.9 Å². The van der Waals surface area contributed by atoms with Gasteiger partial charge in [0.25, 0.3) is 5.91 Å². The molecule has 2 aromatic carbocycles. The smallest absolute Gasteiger partial charge is 0.418 e. The molecule has 9 heteroatoms. The molecule has 0 unspecified atom stereocenters. The lowest BCUT2D eigenvalue weighted by Gasteiger charge is -2.14. The highest BCUT2D eigenvalue weighted by molar-refractivity contribution is 6.30. The molecule has 0 radical (unpaired) electrons. The van der Waals surface area contributed by atoms with E-state index < -0.39 is 35.9 Å². The Kier molecular flexibility index (Phi) is 5.51. The Bertz CT molecular complexity index is 1050. The Labute approximate surface area is 162 Å². The Hall–Kier alpha value is -3.13. The summed E-state index contributed by atoms with van der Waals surface area (Å²) in [6, 6.07) is 13.1. The topological polar surface area (TPSA) is 68.3 Å². The number of alkyl halides is 3. The Morgan fingerprint density at radius 2 is 1.82 bits per heavy atom. The summed E-state index contributed by atoms with van der Waals surface area (Å²) in [4.78, 5) is 28.1. The van der Waals surface area contributed by atoms with Crippen molar-refractivity contribution in [3.8, 4) is 0 Å². The first-order valence-corrected chi connectivity index (χ1v) is 8.31. The third kappa shape index (κ3) is 4.58. The number of benzene rings is 2. The summed E-state index contributed by atoms with van der Waals surface area (Å²) in [5.74, 6) is -1.80. The number of fused-ring (bicyclic) bond motifs is 1. The number of rotatable bonds is 4. The standard InChI is InChI=1S/C19H12ClF3N2O3/c20-12-6-8-15(13(9-12)19(21,22)23)25-17(26)10-28-18(27)16-7-5-11-3-1-2-4-14(11)24-16/h1-9H,10H2,(H,25,26). The number of halogens is 4. The summed E-state index contributed by atoms with van der Waals surface area (Å²) in [5.41, 5.74) is -1.04. The van der Waals surface area contributed by atoms with Crippen LogP contribution < -0.4 is 5.32 Å². The van der Waals surface area contributed by atoms with Crippen LogP contribution in [-0.4, -0.2) is 23.5 Å². The number of carbonyl (C=O) groups is 2. The molecule has 28 heavy (non-hydrogen) atoms. The second-order valence-corrected chi connectivity index (χ2v) is 6.14. The van der Waals surface area contributed by atoms with Gasteiger partial charge < -0.3 is 10.1 Å². The van der Waals surface area contributed by atoms with Gasteiger partial charge in [-0.3, -0.25) is 4.79 Å². The fraction of sp³-hybridized carbons (Fsp3) is 0.105. The minimum Gasteiger partial charge on any atom is -0.451 e. The van der Waals surface area contributed by atoms with Gasteiger partial charge in [0, 0.05) is 10.4 Å². The third-order valence-corrected chi connectivity index (χ3v) is 3.94. The molecule has 0 atom stereocenters. The van der Waals surface area contributed by atoms with Gasteiger partial charge in [-0.1, -0.05) is 35.9 Å². The number of amides is 1. The number of hydrogen-bond donors (Lipinski definition) is 1. The van der Waals surface area contributed by atoms with Gasteiger partial charge in [0.15, 0.2) is 6.61 Å². The summed E-state index contributed by atoms with van der Waals surface area (Å²) in [6.07, 6.45) is -4.71. The Morgan fingerprint density at radius 1 is 1.07 bits per heavy atom. The Morgan fingerprint density at radius 3 is 2.57 bits per heavy atom. The van der Waals surface area contributed by atoms with E-state index in [1.54, 1.807) is 18.2 Å². The minimum atomic E-state index is -4.71. The van der Waals surface area contributed by atoms with Crippen molar-refractivity contribution < 1.29 is 27.5 Å². The highest BCUT2D eigenvalue weighted by atomic mass is 35.5. The van der Waals surface area contributed by atoms with Crippen LogP contribution in [0.3, 0.4) is 0 Å². The van der Waals surface area contributed by atoms with Crippen molar-refractivity contribution in [3.63, 3.8) is 0 Å². The molecule has 144 valence electrons. The average Bonchev–Trinajstić information content (AvgIpc) is 2.66. The largest absolute Gasteiger partial charge is 0.451 e. The molecule has 0 saturated carbocycles. The monoisotopic (exact) mass is 408 g/mol. The molecule has 0 saturated heterocycles. The summed E-state index contributed by atoms with van der Waals surface area (Å²) < 4.78 is 44.0. The number of nitrogens with zero attached hydrogens (tertiary/aromatic N) is 1. The van der Waals surface area contributed by atoms with Gasteiger partial charge in [0.1, 0.15) is 5.69 Å². The van der Waals surface area contributed by atoms with E-state index in [2.05, 4.69) is 10.3 Å². The Balaban J connectivity index is 1.66. The summed E-state index contributed by atoms with van der Waals surface area (Å²) in [5, 5.41) is 2.76. The summed E-state index contributed by atoms with van der Waals surface area (Å²) in [7, 11) is 0. The van der Waals surface area contributed by atoms with Gasteiger partial charge in [-0.05, 0) is 30.3 Å². The summed E-state index contributed by atoms with van der Waals surface area (Å²) in [6.45, 7) is -0.771. The SMILES string of the molecule is O=C(COC(=O)c1ccc2ccccc2n1)Nc1ccc(Cl)cc1C(F)(F)F. The fourth-order valence-electron chi connectivity index (χ4n) is 2.43. The van der Waals surface area contributed by atoms with Crippen LogP contribution >= 0.6 is 11.6 Å². The average molecular weight is 409 g/mol. The predicted molar refractivity (Wildman–Crippen MR) is 97.1 cm³/mol. The lowest BCUT2D eigenvalue weighted by atomic mass is 10.1. The molecule has 1 heterocycles. The molecule has 0 bridgehead atoms. The fourth-order valence-corrected chi connectivity index (χ4v) is 2.60. The van der Waals surface area contributed by atoms with E-state index in [0.29, 0.717) is 11.6 Å². The van der Waals surface area contributed by atoms with Crippen molar-refractivity contribution in [1.29, 1.82) is 0 Å². The molecule has 1 N–H and O–H groups in total. The number of hydrogen-bond acceptors (Lipinski definition) is 4. The molecule has 3 aromatic rings. The van der Waals surface area contributed by atoms with E-state index in [0.717, 1.165) is 11.5 Å². The van der Waals surface area contributed by atoms with Crippen LogP contribution in [-0.2, 0) is 15.7 Å². The molecule has 0 aliphatic heterocycles. The lowest BCUT2D eigenvalue weighted by Crippen LogP contribution is -2.23. The summed E-state index contributed by atoms with van der Waals surface area (Å²) >= 11 is 5.58. The third-order valence-electron chi connectivity index (χ3n) is 3.70. The number of ether oxygens (including phenoxy) is 1. The van der Waals surface area contributed by atoms with Crippen LogP contribution in [0.1, 0.15) is 16.1 Å². The zero-order chi connectivity index (χ0) is 20.3. The second kappa shape index (κ2) is 7.85. The number of anilines is 1. The highest BCUT2D eigenvalue weighted by Gasteiger charge is 2.34. The lowest BCUT2D eigenvalue weighted by molar-refractivity contribution is -0.137. The van der Waals surface area contributed by atoms with Crippen molar-refractivity contribution in [2.75, 3.05) is 11.9 Å². The van der Waals surface area contributed by atoms with E-state index in [4.69, 9.17) is 16.3 Å². The maximum atomic E-state index is 13.0. The van der Waals surface area contributed by atoms with Crippen molar-refractivity contribution >= 4 is 40.1 Å². The molecule has 0 aliphatic rings. The van der Waals surface area contributed by atoms with Gasteiger partial charge in [-0.15, -0.1) is 0 Å². The van der Waals surface area contributed by atoms with Gasteiger partial charge in [-0.25, -0.2) is 9.78 Å². The molecular weight excluding hydrogens is 397 g/mol. The van der Waals surface area contributed by atoms with Gasteiger partial charge in [0.05, 0.1) is 16.8 Å². The second-order valence-electron chi connectivity index (χ2n) is 5.70.